The van der Waals surface area contributed by atoms with Crippen LogP contribution in [0.2, 0.25) is 5.02 Å². The van der Waals surface area contributed by atoms with E-state index in [0.29, 0.717) is 35.9 Å². The molecular weight excluding hydrogens is 469 g/mol. The van der Waals surface area contributed by atoms with Gasteiger partial charge in [0.1, 0.15) is 10.6 Å². The Labute approximate surface area is 189 Å². The fourth-order valence-corrected chi connectivity index (χ4v) is 5.07. The average Bonchev–Trinajstić information content (AvgIpc) is 2.76. The van der Waals surface area contributed by atoms with Crippen LogP contribution in [-0.2, 0) is 14.8 Å². The lowest BCUT2D eigenvalue weighted by Crippen LogP contribution is -2.50. The van der Waals surface area contributed by atoms with Gasteiger partial charge in [0.25, 0.3) is 0 Å². The van der Waals surface area contributed by atoms with Crippen molar-refractivity contribution in [1.82, 2.24) is 9.21 Å². The molecule has 0 bridgehead atoms. The van der Waals surface area contributed by atoms with Gasteiger partial charge in [-0.25, -0.2) is 21.6 Å². The standard InChI is InChI=1S/C21H22ClF3N2O4S/c1-14-13-15(22)4-6-17(14)31-12-2-3-19(28)26-8-10-27(11-9-26)32(29,30)18-7-5-16(23)20(24)21(18)25/h4-7,13H,2-3,8-12H2,1H3. The van der Waals surface area contributed by atoms with Crippen molar-refractivity contribution in [3.63, 3.8) is 0 Å². The van der Waals surface area contributed by atoms with Gasteiger partial charge in [0.15, 0.2) is 17.5 Å². The maximum Gasteiger partial charge on any atom is 0.246 e. The molecule has 0 atom stereocenters. The molecule has 2 aromatic carbocycles. The molecule has 0 aromatic heterocycles. The number of amides is 1. The maximum absolute atomic E-state index is 14.0. The number of halogens is 4. The van der Waals surface area contributed by atoms with Crippen molar-refractivity contribution in [2.75, 3.05) is 32.8 Å². The summed E-state index contributed by atoms with van der Waals surface area (Å²) in [5.41, 5.74) is 0.888. The van der Waals surface area contributed by atoms with Gasteiger partial charge in [-0.2, -0.15) is 4.31 Å². The third-order valence-electron chi connectivity index (χ3n) is 5.14. The van der Waals surface area contributed by atoms with E-state index in [2.05, 4.69) is 0 Å². The number of rotatable bonds is 7. The monoisotopic (exact) mass is 490 g/mol. The van der Waals surface area contributed by atoms with Gasteiger partial charge < -0.3 is 9.64 Å². The maximum atomic E-state index is 14.0. The second-order valence-electron chi connectivity index (χ2n) is 7.32. The normalized spacial score (nSPS) is 15.1. The van der Waals surface area contributed by atoms with Crippen molar-refractivity contribution in [3.8, 4) is 5.75 Å². The summed E-state index contributed by atoms with van der Waals surface area (Å²) in [4.78, 5) is 13.0. The van der Waals surface area contributed by atoms with E-state index < -0.39 is 32.4 Å². The van der Waals surface area contributed by atoms with Crippen molar-refractivity contribution in [1.29, 1.82) is 0 Å². The summed E-state index contributed by atoms with van der Waals surface area (Å²) in [5, 5.41) is 0.610. The van der Waals surface area contributed by atoms with Gasteiger partial charge >= 0.3 is 0 Å². The third kappa shape index (κ3) is 5.36. The average molecular weight is 491 g/mol. The summed E-state index contributed by atoms with van der Waals surface area (Å²) in [6.07, 6.45) is 0.691. The van der Waals surface area contributed by atoms with E-state index in [4.69, 9.17) is 16.3 Å². The van der Waals surface area contributed by atoms with E-state index in [1.807, 2.05) is 6.92 Å². The number of nitrogens with zero attached hydrogens (tertiary/aromatic N) is 2. The summed E-state index contributed by atoms with van der Waals surface area (Å²) < 4.78 is 72.4. The van der Waals surface area contributed by atoms with Crippen LogP contribution in [0, 0.1) is 24.4 Å². The highest BCUT2D eigenvalue weighted by Gasteiger charge is 2.33. The minimum Gasteiger partial charge on any atom is -0.493 e. The van der Waals surface area contributed by atoms with Gasteiger partial charge in [-0.15, -0.1) is 0 Å². The van der Waals surface area contributed by atoms with Crippen molar-refractivity contribution in [3.05, 3.63) is 58.4 Å². The molecule has 2 aromatic rings. The highest BCUT2D eigenvalue weighted by Crippen LogP contribution is 2.24. The number of carbonyl (C=O) groups excluding carboxylic acids is 1. The number of ether oxygens (including phenoxy) is 1. The largest absolute Gasteiger partial charge is 0.493 e. The van der Waals surface area contributed by atoms with E-state index in [-0.39, 0.29) is 38.5 Å². The lowest BCUT2D eigenvalue weighted by Gasteiger charge is -2.34. The number of sulfonamides is 1. The van der Waals surface area contributed by atoms with Gasteiger partial charge in [-0.05, 0) is 49.2 Å². The lowest BCUT2D eigenvalue weighted by molar-refractivity contribution is -0.132. The number of benzene rings is 2. The van der Waals surface area contributed by atoms with Gasteiger partial charge in [-0.1, -0.05) is 11.6 Å². The number of aryl methyl sites for hydroxylation is 1. The molecule has 0 spiro atoms. The summed E-state index contributed by atoms with van der Waals surface area (Å²) >= 11 is 5.90. The summed E-state index contributed by atoms with van der Waals surface area (Å²) in [6.45, 7) is 2.27. The molecule has 1 amide bonds. The first-order chi connectivity index (χ1) is 15.1. The first-order valence-electron chi connectivity index (χ1n) is 9.91. The smallest absolute Gasteiger partial charge is 0.246 e. The summed E-state index contributed by atoms with van der Waals surface area (Å²) in [7, 11) is -4.36. The number of hydrogen-bond donors (Lipinski definition) is 0. The molecule has 0 aliphatic carbocycles. The Morgan fingerprint density at radius 3 is 2.41 bits per heavy atom. The Bertz CT molecular complexity index is 1110. The van der Waals surface area contributed by atoms with Gasteiger partial charge in [0.2, 0.25) is 15.9 Å². The Hall–Kier alpha value is -2.30. The second-order valence-corrected chi connectivity index (χ2v) is 9.66. The number of hydrogen-bond acceptors (Lipinski definition) is 4. The number of carbonyl (C=O) groups is 1. The van der Waals surface area contributed by atoms with Crippen LogP contribution in [0.5, 0.6) is 5.75 Å². The quantitative estimate of drug-likeness (QED) is 0.438. The van der Waals surface area contributed by atoms with Crippen LogP contribution in [0.15, 0.2) is 35.2 Å². The second kappa shape index (κ2) is 10.1. The minimum atomic E-state index is -4.36. The predicted molar refractivity (Wildman–Crippen MR) is 113 cm³/mol. The van der Waals surface area contributed by atoms with E-state index in [1.165, 1.54) is 4.90 Å². The topological polar surface area (TPSA) is 66.9 Å². The van der Waals surface area contributed by atoms with Crippen LogP contribution in [0.4, 0.5) is 13.2 Å². The molecule has 1 heterocycles. The van der Waals surface area contributed by atoms with Crippen molar-refractivity contribution in [2.24, 2.45) is 0 Å². The van der Waals surface area contributed by atoms with E-state index >= 15 is 0 Å². The van der Waals surface area contributed by atoms with Crippen LogP contribution in [0.25, 0.3) is 0 Å². The fraction of sp³-hybridized carbons (Fsp3) is 0.381. The molecule has 1 saturated heterocycles. The van der Waals surface area contributed by atoms with E-state index in [1.54, 1.807) is 18.2 Å². The molecule has 6 nitrogen and oxygen atoms in total. The summed E-state index contributed by atoms with van der Waals surface area (Å²) in [6, 6.07) is 6.52. The Morgan fingerprint density at radius 1 is 1.06 bits per heavy atom. The summed E-state index contributed by atoms with van der Waals surface area (Å²) in [5.74, 6) is -4.52. The molecule has 3 rings (SSSR count). The zero-order valence-corrected chi connectivity index (χ0v) is 18.9. The van der Waals surface area contributed by atoms with Gasteiger partial charge in [0.05, 0.1) is 6.61 Å². The van der Waals surface area contributed by atoms with E-state index in [9.17, 15) is 26.4 Å². The molecule has 1 aliphatic heterocycles. The molecule has 0 radical (unpaired) electrons. The molecule has 174 valence electrons. The Balaban J connectivity index is 1.49. The van der Waals surface area contributed by atoms with Gasteiger partial charge in [-0.3, -0.25) is 4.79 Å². The van der Waals surface area contributed by atoms with Crippen LogP contribution in [0.3, 0.4) is 0 Å². The molecule has 1 fully saturated rings. The number of piperazine rings is 1. The molecule has 11 heteroatoms. The molecule has 0 N–H and O–H groups in total. The first-order valence-corrected chi connectivity index (χ1v) is 11.7. The van der Waals surface area contributed by atoms with Crippen LogP contribution in [0.1, 0.15) is 18.4 Å². The lowest BCUT2D eigenvalue weighted by atomic mass is 10.2. The highest BCUT2D eigenvalue weighted by molar-refractivity contribution is 7.89. The Morgan fingerprint density at radius 2 is 1.75 bits per heavy atom. The molecule has 0 saturated carbocycles. The molecule has 0 unspecified atom stereocenters. The zero-order chi connectivity index (χ0) is 23.5. The van der Waals surface area contributed by atoms with Crippen molar-refractivity contribution >= 4 is 27.5 Å². The first kappa shape index (κ1) is 24.3. The fourth-order valence-electron chi connectivity index (χ4n) is 3.36. The molecular formula is C21H22ClF3N2O4S. The van der Waals surface area contributed by atoms with Crippen molar-refractivity contribution < 1.29 is 31.1 Å². The predicted octanol–water partition coefficient (Wildman–Crippen LogP) is 3.76. The van der Waals surface area contributed by atoms with Crippen LogP contribution in [-0.4, -0.2) is 56.3 Å². The van der Waals surface area contributed by atoms with Crippen molar-refractivity contribution in [2.45, 2.75) is 24.7 Å². The SMILES string of the molecule is Cc1cc(Cl)ccc1OCCCC(=O)N1CCN(S(=O)(=O)c2ccc(F)c(F)c2F)CC1. The molecule has 1 aliphatic rings. The Kier molecular flexibility index (Phi) is 7.68. The van der Waals surface area contributed by atoms with Gasteiger partial charge in [0, 0.05) is 37.6 Å². The third-order valence-corrected chi connectivity index (χ3v) is 7.29. The van der Waals surface area contributed by atoms with Crippen LogP contribution >= 0.6 is 11.6 Å². The molecule has 32 heavy (non-hydrogen) atoms. The highest BCUT2D eigenvalue weighted by atomic mass is 35.5. The van der Waals surface area contributed by atoms with Crippen LogP contribution < -0.4 is 4.74 Å². The zero-order valence-electron chi connectivity index (χ0n) is 17.3. The minimum absolute atomic E-state index is 0.0764. The van der Waals surface area contributed by atoms with E-state index in [0.717, 1.165) is 9.87 Å².